The SMILES string of the molecule is Cc1cc(Cl)ccc1NC(=O)COc1ncnc2oc(C)c(C)c12. The first-order valence-corrected chi connectivity index (χ1v) is 7.73. The second-order valence-electron chi connectivity index (χ2n) is 5.44. The lowest BCUT2D eigenvalue weighted by Gasteiger charge is -2.09. The molecule has 0 aliphatic rings. The molecule has 3 aromatic rings. The average molecular weight is 346 g/mol. The lowest BCUT2D eigenvalue weighted by atomic mass is 10.2. The van der Waals surface area contributed by atoms with E-state index in [9.17, 15) is 4.79 Å². The van der Waals surface area contributed by atoms with Gasteiger partial charge in [-0.3, -0.25) is 4.79 Å². The summed E-state index contributed by atoms with van der Waals surface area (Å²) in [5, 5.41) is 4.09. The van der Waals surface area contributed by atoms with Gasteiger partial charge in [0.05, 0.1) is 0 Å². The van der Waals surface area contributed by atoms with Crippen molar-refractivity contribution < 1.29 is 13.9 Å². The van der Waals surface area contributed by atoms with Gasteiger partial charge in [-0.2, -0.15) is 0 Å². The van der Waals surface area contributed by atoms with Crippen molar-refractivity contribution in [3.05, 3.63) is 46.4 Å². The number of nitrogens with zero attached hydrogens (tertiary/aromatic N) is 2. The number of carbonyl (C=O) groups excluding carboxylic acids is 1. The Balaban J connectivity index is 1.73. The number of carbonyl (C=O) groups is 1. The normalized spacial score (nSPS) is 10.8. The van der Waals surface area contributed by atoms with Crippen LogP contribution in [0.25, 0.3) is 11.1 Å². The largest absolute Gasteiger partial charge is 0.467 e. The monoisotopic (exact) mass is 345 g/mol. The summed E-state index contributed by atoms with van der Waals surface area (Å²) in [4.78, 5) is 20.3. The first kappa shape index (κ1) is 16.3. The molecule has 0 aliphatic heterocycles. The fourth-order valence-corrected chi connectivity index (χ4v) is 2.57. The fourth-order valence-electron chi connectivity index (χ4n) is 2.35. The maximum absolute atomic E-state index is 12.1. The fraction of sp³-hybridized carbons (Fsp3) is 0.235. The Hall–Kier alpha value is -2.60. The van der Waals surface area contributed by atoms with Crippen LogP contribution in [-0.4, -0.2) is 22.5 Å². The highest BCUT2D eigenvalue weighted by atomic mass is 35.5. The van der Waals surface area contributed by atoms with Crippen LogP contribution in [0.4, 0.5) is 5.69 Å². The molecule has 124 valence electrons. The number of benzene rings is 1. The molecular formula is C17H16ClN3O3. The molecule has 0 saturated heterocycles. The summed E-state index contributed by atoms with van der Waals surface area (Å²) in [6, 6.07) is 5.25. The van der Waals surface area contributed by atoms with Gasteiger partial charge in [0.15, 0.2) is 6.61 Å². The third-order valence-electron chi connectivity index (χ3n) is 3.73. The number of aryl methyl sites for hydroxylation is 3. The number of hydrogen-bond acceptors (Lipinski definition) is 5. The molecule has 6 nitrogen and oxygen atoms in total. The van der Waals surface area contributed by atoms with Crippen LogP contribution in [0.5, 0.6) is 5.88 Å². The maximum atomic E-state index is 12.1. The molecule has 24 heavy (non-hydrogen) atoms. The summed E-state index contributed by atoms with van der Waals surface area (Å²) >= 11 is 5.91. The van der Waals surface area contributed by atoms with Gasteiger partial charge in [-0.05, 0) is 44.5 Å². The van der Waals surface area contributed by atoms with E-state index in [1.54, 1.807) is 18.2 Å². The number of aromatic nitrogens is 2. The number of fused-ring (bicyclic) bond motifs is 1. The van der Waals surface area contributed by atoms with Gasteiger partial charge in [-0.1, -0.05) is 11.6 Å². The Morgan fingerprint density at radius 3 is 2.83 bits per heavy atom. The minimum Gasteiger partial charge on any atom is -0.467 e. The van der Waals surface area contributed by atoms with E-state index in [0.29, 0.717) is 27.7 Å². The van der Waals surface area contributed by atoms with Crippen LogP contribution < -0.4 is 10.1 Å². The zero-order chi connectivity index (χ0) is 17.3. The third kappa shape index (κ3) is 3.19. The number of hydrogen-bond donors (Lipinski definition) is 1. The molecule has 0 fully saturated rings. The Bertz CT molecular complexity index is 921. The highest BCUT2D eigenvalue weighted by Crippen LogP contribution is 2.29. The molecule has 0 radical (unpaired) electrons. The van der Waals surface area contributed by atoms with Crippen molar-refractivity contribution >= 4 is 34.3 Å². The van der Waals surface area contributed by atoms with E-state index < -0.39 is 0 Å². The summed E-state index contributed by atoms with van der Waals surface area (Å²) in [6.07, 6.45) is 1.35. The molecule has 0 atom stereocenters. The molecule has 7 heteroatoms. The van der Waals surface area contributed by atoms with Crippen LogP contribution in [0.1, 0.15) is 16.9 Å². The molecule has 2 aromatic heterocycles. The molecule has 1 N–H and O–H groups in total. The zero-order valence-corrected chi connectivity index (χ0v) is 14.3. The number of nitrogens with one attached hydrogen (secondary N) is 1. The highest BCUT2D eigenvalue weighted by Gasteiger charge is 2.16. The molecule has 0 aliphatic carbocycles. The van der Waals surface area contributed by atoms with E-state index >= 15 is 0 Å². The molecule has 3 rings (SSSR count). The third-order valence-corrected chi connectivity index (χ3v) is 3.97. The van der Waals surface area contributed by atoms with E-state index in [-0.39, 0.29) is 12.5 Å². The molecule has 0 spiro atoms. The van der Waals surface area contributed by atoms with Crippen molar-refractivity contribution in [2.75, 3.05) is 11.9 Å². The molecule has 1 aromatic carbocycles. The predicted octanol–water partition coefficient (Wildman–Crippen LogP) is 3.82. The summed E-state index contributed by atoms with van der Waals surface area (Å²) in [5.41, 5.74) is 2.91. The van der Waals surface area contributed by atoms with Crippen molar-refractivity contribution in [1.82, 2.24) is 9.97 Å². The van der Waals surface area contributed by atoms with Crippen LogP contribution in [0, 0.1) is 20.8 Å². The van der Waals surface area contributed by atoms with Crippen LogP contribution in [-0.2, 0) is 4.79 Å². The number of halogens is 1. The van der Waals surface area contributed by atoms with Crippen molar-refractivity contribution in [3.63, 3.8) is 0 Å². The standard InChI is InChI=1S/C17H16ClN3O3/c1-9-6-12(18)4-5-13(9)21-14(22)7-23-16-15-10(2)11(3)24-17(15)20-8-19-16/h4-6,8H,7H2,1-3H3,(H,21,22). The lowest BCUT2D eigenvalue weighted by molar-refractivity contribution is -0.118. The van der Waals surface area contributed by atoms with Crippen LogP contribution in [0.3, 0.4) is 0 Å². The van der Waals surface area contributed by atoms with Crippen LogP contribution >= 0.6 is 11.6 Å². The second-order valence-corrected chi connectivity index (χ2v) is 5.87. The van der Waals surface area contributed by atoms with Crippen molar-refractivity contribution in [3.8, 4) is 5.88 Å². The van der Waals surface area contributed by atoms with Crippen LogP contribution in [0.2, 0.25) is 5.02 Å². The molecular weight excluding hydrogens is 330 g/mol. The summed E-state index contributed by atoms with van der Waals surface area (Å²) < 4.78 is 11.1. The van der Waals surface area contributed by atoms with Gasteiger partial charge in [0.1, 0.15) is 17.5 Å². The van der Waals surface area contributed by atoms with Gasteiger partial charge in [0.2, 0.25) is 11.6 Å². The molecule has 0 bridgehead atoms. The number of anilines is 1. The quantitative estimate of drug-likeness (QED) is 0.777. The summed E-state index contributed by atoms with van der Waals surface area (Å²) in [6.45, 7) is 5.44. The van der Waals surface area contributed by atoms with Crippen molar-refractivity contribution in [1.29, 1.82) is 0 Å². The van der Waals surface area contributed by atoms with Crippen molar-refractivity contribution in [2.45, 2.75) is 20.8 Å². The summed E-state index contributed by atoms with van der Waals surface area (Å²) in [5.74, 6) is 0.791. The second kappa shape index (κ2) is 6.49. The first-order valence-electron chi connectivity index (χ1n) is 7.35. The highest BCUT2D eigenvalue weighted by molar-refractivity contribution is 6.30. The van der Waals surface area contributed by atoms with Gasteiger partial charge < -0.3 is 14.5 Å². The summed E-state index contributed by atoms with van der Waals surface area (Å²) in [7, 11) is 0. The smallest absolute Gasteiger partial charge is 0.262 e. The minimum atomic E-state index is -0.287. The van der Waals surface area contributed by atoms with Crippen LogP contribution in [0.15, 0.2) is 28.9 Å². The predicted molar refractivity (Wildman–Crippen MR) is 91.6 cm³/mol. The van der Waals surface area contributed by atoms with E-state index in [2.05, 4.69) is 15.3 Å². The van der Waals surface area contributed by atoms with E-state index in [0.717, 1.165) is 16.9 Å². The Kier molecular flexibility index (Phi) is 4.40. The lowest BCUT2D eigenvalue weighted by Crippen LogP contribution is -2.21. The first-order chi connectivity index (χ1) is 11.5. The minimum absolute atomic E-state index is 0.169. The number of ether oxygens (including phenoxy) is 1. The number of rotatable bonds is 4. The van der Waals surface area contributed by atoms with Gasteiger partial charge in [0.25, 0.3) is 5.91 Å². The Labute approximate surface area is 143 Å². The van der Waals surface area contributed by atoms with E-state index in [1.165, 1.54) is 6.33 Å². The molecule has 0 saturated carbocycles. The Morgan fingerprint density at radius 1 is 1.29 bits per heavy atom. The average Bonchev–Trinajstić information content (AvgIpc) is 2.83. The molecule has 2 heterocycles. The topological polar surface area (TPSA) is 77.2 Å². The van der Waals surface area contributed by atoms with Gasteiger partial charge >= 0.3 is 0 Å². The maximum Gasteiger partial charge on any atom is 0.262 e. The van der Waals surface area contributed by atoms with E-state index in [1.807, 2.05) is 20.8 Å². The number of furan rings is 1. The van der Waals surface area contributed by atoms with Gasteiger partial charge in [-0.15, -0.1) is 0 Å². The zero-order valence-electron chi connectivity index (χ0n) is 13.5. The van der Waals surface area contributed by atoms with Crippen molar-refractivity contribution in [2.24, 2.45) is 0 Å². The van der Waals surface area contributed by atoms with Gasteiger partial charge in [0, 0.05) is 16.3 Å². The Morgan fingerprint density at radius 2 is 2.08 bits per heavy atom. The number of amides is 1. The van der Waals surface area contributed by atoms with Gasteiger partial charge in [-0.25, -0.2) is 9.97 Å². The van der Waals surface area contributed by atoms with E-state index in [4.69, 9.17) is 20.8 Å². The molecule has 1 amide bonds. The molecule has 0 unspecified atom stereocenters.